The van der Waals surface area contributed by atoms with Crippen molar-refractivity contribution in [3.63, 3.8) is 0 Å². The fourth-order valence-corrected chi connectivity index (χ4v) is 4.95. The Morgan fingerprint density at radius 3 is 2.08 bits per heavy atom. The predicted octanol–water partition coefficient (Wildman–Crippen LogP) is 5.32. The quantitative estimate of drug-likeness (QED) is 0.440. The summed E-state index contributed by atoms with van der Waals surface area (Å²) in [6.45, 7) is 12.9. The van der Waals surface area contributed by atoms with Crippen LogP contribution in [-0.2, 0) is 25.5 Å². The third-order valence-corrected chi connectivity index (χ3v) is 6.52. The standard InChI is InChI=1S/C32H43NO6/c1-30(2,3)38-28(34)26-24(33-19-18-21-12-10-9-11-13-21)20-32(7,36)27(29(35)39-31(4,5)6)25(26)22-14-16-23(37-8)17-15-22/h9-17,25,27,33,36H,18-20H2,1-8H3/t25-,27-,32-/m1/s1. The normalized spacial score (nSPS) is 21.8. The van der Waals surface area contributed by atoms with Crippen LogP contribution in [0.15, 0.2) is 65.9 Å². The van der Waals surface area contributed by atoms with Crippen LogP contribution in [0.1, 0.15) is 71.9 Å². The van der Waals surface area contributed by atoms with Crippen LogP contribution >= 0.6 is 0 Å². The second kappa shape index (κ2) is 11.8. The molecule has 0 fully saturated rings. The number of nitrogens with one attached hydrogen (secondary N) is 1. The van der Waals surface area contributed by atoms with E-state index in [1.165, 1.54) is 0 Å². The number of ether oxygens (including phenoxy) is 3. The van der Waals surface area contributed by atoms with E-state index in [4.69, 9.17) is 14.2 Å². The van der Waals surface area contributed by atoms with Gasteiger partial charge in [-0.15, -0.1) is 0 Å². The summed E-state index contributed by atoms with van der Waals surface area (Å²) in [5, 5.41) is 15.2. The Morgan fingerprint density at radius 1 is 0.949 bits per heavy atom. The Hall–Kier alpha value is -3.32. The monoisotopic (exact) mass is 537 g/mol. The van der Waals surface area contributed by atoms with E-state index in [1.807, 2.05) is 42.5 Å². The summed E-state index contributed by atoms with van der Waals surface area (Å²) in [5.74, 6) is -2.33. The smallest absolute Gasteiger partial charge is 0.336 e. The minimum absolute atomic E-state index is 0.0624. The van der Waals surface area contributed by atoms with Crippen LogP contribution in [0.3, 0.4) is 0 Å². The lowest BCUT2D eigenvalue weighted by molar-refractivity contribution is -0.171. The lowest BCUT2D eigenvalue weighted by atomic mass is 9.65. The van der Waals surface area contributed by atoms with Gasteiger partial charge in [-0.05, 0) is 78.1 Å². The zero-order valence-corrected chi connectivity index (χ0v) is 24.5. The van der Waals surface area contributed by atoms with Gasteiger partial charge in [0.05, 0.1) is 24.2 Å². The fraction of sp³-hybridized carbons (Fsp3) is 0.500. The largest absolute Gasteiger partial charge is 0.497 e. The Labute approximate surface area is 232 Å². The first-order chi connectivity index (χ1) is 18.1. The highest BCUT2D eigenvalue weighted by atomic mass is 16.6. The van der Waals surface area contributed by atoms with E-state index < -0.39 is 40.6 Å². The van der Waals surface area contributed by atoms with Crippen LogP contribution in [0.25, 0.3) is 0 Å². The van der Waals surface area contributed by atoms with Crippen molar-refractivity contribution in [2.45, 2.75) is 84.0 Å². The number of carbonyl (C=O) groups is 2. The molecule has 1 aliphatic carbocycles. The molecule has 0 spiro atoms. The van der Waals surface area contributed by atoms with Gasteiger partial charge in [0.15, 0.2) is 0 Å². The van der Waals surface area contributed by atoms with Crippen molar-refractivity contribution in [1.29, 1.82) is 0 Å². The zero-order valence-electron chi connectivity index (χ0n) is 24.5. The summed E-state index contributed by atoms with van der Waals surface area (Å²) in [4.78, 5) is 27.5. The van der Waals surface area contributed by atoms with Crippen molar-refractivity contribution in [2.24, 2.45) is 5.92 Å². The summed E-state index contributed by atoms with van der Waals surface area (Å²) < 4.78 is 17.0. The highest BCUT2D eigenvalue weighted by molar-refractivity contribution is 5.94. The Kier molecular flexibility index (Phi) is 9.16. The van der Waals surface area contributed by atoms with Gasteiger partial charge < -0.3 is 24.6 Å². The van der Waals surface area contributed by atoms with Gasteiger partial charge in [0.25, 0.3) is 0 Å². The van der Waals surface area contributed by atoms with Crippen LogP contribution in [0.4, 0.5) is 0 Å². The summed E-state index contributed by atoms with van der Waals surface area (Å²) in [6, 6.07) is 17.2. The first-order valence-electron chi connectivity index (χ1n) is 13.4. The first kappa shape index (κ1) is 30.2. The summed E-state index contributed by atoms with van der Waals surface area (Å²) in [7, 11) is 1.57. The molecule has 0 radical (unpaired) electrons. The van der Waals surface area contributed by atoms with E-state index in [-0.39, 0.29) is 6.42 Å². The molecular formula is C32H43NO6. The molecule has 212 valence electrons. The van der Waals surface area contributed by atoms with Gasteiger partial charge in [-0.3, -0.25) is 4.79 Å². The second-order valence-corrected chi connectivity index (χ2v) is 12.4. The molecule has 0 saturated carbocycles. The maximum atomic E-state index is 13.9. The molecule has 3 atom stereocenters. The maximum absolute atomic E-state index is 13.9. The van der Waals surface area contributed by atoms with E-state index in [2.05, 4.69) is 5.32 Å². The first-order valence-corrected chi connectivity index (χ1v) is 13.4. The summed E-state index contributed by atoms with van der Waals surface area (Å²) >= 11 is 0. The Bertz CT molecular complexity index is 1170. The molecule has 2 N–H and O–H groups in total. The van der Waals surface area contributed by atoms with E-state index in [1.54, 1.807) is 67.7 Å². The Morgan fingerprint density at radius 2 is 1.54 bits per heavy atom. The van der Waals surface area contributed by atoms with Crippen LogP contribution in [0.2, 0.25) is 0 Å². The third-order valence-electron chi connectivity index (χ3n) is 6.52. The zero-order chi connectivity index (χ0) is 29.0. The molecule has 0 amide bonds. The van der Waals surface area contributed by atoms with Crippen molar-refractivity contribution in [2.75, 3.05) is 13.7 Å². The predicted molar refractivity (Wildman–Crippen MR) is 151 cm³/mol. The van der Waals surface area contributed by atoms with Crippen molar-refractivity contribution in [3.05, 3.63) is 77.0 Å². The van der Waals surface area contributed by atoms with Gasteiger partial charge in [0.2, 0.25) is 0 Å². The van der Waals surface area contributed by atoms with Crippen LogP contribution in [0.5, 0.6) is 5.75 Å². The SMILES string of the molecule is COc1ccc([C@@H]2C(C(=O)OC(C)(C)C)=C(NCCc3ccccc3)C[C@@](C)(O)[C@H]2C(=O)OC(C)(C)C)cc1. The molecule has 7 nitrogen and oxygen atoms in total. The maximum Gasteiger partial charge on any atom is 0.336 e. The molecule has 0 bridgehead atoms. The van der Waals surface area contributed by atoms with Crippen molar-refractivity contribution in [1.82, 2.24) is 5.32 Å². The molecule has 39 heavy (non-hydrogen) atoms. The number of carbonyl (C=O) groups excluding carboxylic acids is 2. The van der Waals surface area contributed by atoms with Gasteiger partial charge in [-0.2, -0.15) is 0 Å². The van der Waals surface area contributed by atoms with Crippen molar-refractivity contribution >= 4 is 11.9 Å². The summed E-state index contributed by atoms with van der Waals surface area (Å²) in [6.07, 6.45) is 0.781. The molecule has 0 aromatic heterocycles. The van der Waals surface area contributed by atoms with Gasteiger partial charge in [-0.1, -0.05) is 42.5 Å². The van der Waals surface area contributed by atoms with Crippen molar-refractivity contribution < 1.29 is 28.9 Å². The molecule has 2 aromatic carbocycles. The Balaban J connectivity index is 2.16. The topological polar surface area (TPSA) is 94.1 Å². The van der Waals surface area contributed by atoms with Gasteiger partial charge in [-0.25, -0.2) is 4.79 Å². The molecule has 1 aliphatic rings. The van der Waals surface area contributed by atoms with Crippen LogP contribution in [-0.4, -0.2) is 47.5 Å². The molecule has 0 saturated heterocycles. The van der Waals surface area contributed by atoms with Crippen molar-refractivity contribution in [3.8, 4) is 5.75 Å². The molecule has 7 heteroatoms. The number of esters is 2. The highest BCUT2D eigenvalue weighted by Gasteiger charge is 2.53. The average Bonchev–Trinajstić information content (AvgIpc) is 2.81. The van der Waals surface area contributed by atoms with Gasteiger partial charge in [0.1, 0.15) is 17.0 Å². The molecule has 0 aliphatic heterocycles. The van der Waals surface area contributed by atoms with Crippen LogP contribution in [0, 0.1) is 5.92 Å². The van der Waals surface area contributed by atoms with E-state index in [0.29, 0.717) is 29.1 Å². The lowest BCUT2D eigenvalue weighted by Gasteiger charge is -2.44. The average molecular weight is 538 g/mol. The molecular weight excluding hydrogens is 494 g/mol. The molecule has 3 rings (SSSR count). The molecule has 2 aromatic rings. The minimum atomic E-state index is -1.51. The number of methoxy groups -OCH3 is 1. The number of rotatable bonds is 8. The van der Waals surface area contributed by atoms with Gasteiger partial charge >= 0.3 is 11.9 Å². The second-order valence-electron chi connectivity index (χ2n) is 12.4. The van der Waals surface area contributed by atoms with E-state index in [0.717, 1.165) is 12.0 Å². The van der Waals surface area contributed by atoms with E-state index in [9.17, 15) is 14.7 Å². The molecule has 0 unspecified atom stereocenters. The number of hydrogen-bond acceptors (Lipinski definition) is 7. The lowest BCUT2D eigenvalue weighted by Crippen LogP contribution is -2.52. The third kappa shape index (κ3) is 8.09. The fourth-order valence-electron chi connectivity index (χ4n) is 4.95. The van der Waals surface area contributed by atoms with E-state index >= 15 is 0 Å². The summed E-state index contributed by atoms with van der Waals surface area (Å²) in [5.41, 5.74) is -0.336. The number of aliphatic hydroxyl groups is 1. The minimum Gasteiger partial charge on any atom is -0.497 e. The molecule has 0 heterocycles. The highest BCUT2D eigenvalue weighted by Crippen LogP contribution is 2.48. The number of hydrogen-bond donors (Lipinski definition) is 2. The number of benzene rings is 2. The van der Waals surface area contributed by atoms with Gasteiger partial charge in [0, 0.05) is 24.6 Å². The van der Waals surface area contributed by atoms with Crippen LogP contribution < -0.4 is 10.1 Å².